The molecule has 128 valence electrons. The highest BCUT2D eigenvalue weighted by Gasteiger charge is 2.29. The molecule has 0 aromatic carbocycles. The lowest BCUT2D eigenvalue weighted by Gasteiger charge is -2.27. The first kappa shape index (κ1) is 14.8. The van der Waals surface area contributed by atoms with Crippen LogP contribution in [-0.4, -0.2) is 35.8 Å². The predicted octanol–water partition coefficient (Wildman–Crippen LogP) is 1.56. The monoisotopic (exact) mass is 336 g/mol. The first-order chi connectivity index (χ1) is 12.2. The van der Waals surface area contributed by atoms with E-state index >= 15 is 0 Å². The first-order valence-electron chi connectivity index (χ1n) is 8.82. The Balaban J connectivity index is 1.44. The topological polar surface area (TPSA) is 79.2 Å². The zero-order valence-electron chi connectivity index (χ0n) is 14.2. The van der Waals surface area contributed by atoms with Crippen molar-refractivity contribution in [3.05, 3.63) is 57.3 Å². The van der Waals surface area contributed by atoms with E-state index in [4.69, 9.17) is 4.98 Å². The van der Waals surface area contributed by atoms with Crippen LogP contribution in [0.25, 0.3) is 5.78 Å². The minimum Gasteiger partial charge on any atom is -0.310 e. The molecule has 25 heavy (non-hydrogen) atoms. The fraction of sp³-hybridized carbons (Fsp3) is 0.444. The maximum atomic E-state index is 12.5. The fourth-order valence-corrected chi connectivity index (χ4v) is 3.63. The SMILES string of the molecule is Cc1nc2ncccn2c1CN1CCc2nc(C3CC3)[nH]c(=O)c2C1. The molecule has 0 unspecified atom stereocenters. The summed E-state index contributed by atoms with van der Waals surface area (Å²) in [5.74, 6) is 2.09. The van der Waals surface area contributed by atoms with Crippen molar-refractivity contribution in [1.82, 2.24) is 29.2 Å². The molecule has 1 aliphatic carbocycles. The van der Waals surface area contributed by atoms with Crippen LogP contribution in [0.3, 0.4) is 0 Å². The van der Waals surface area contributed by atoms with E-state index < -0.39 is 0 Å². The number of nitrogens with one attached hydrogen (secondary N) is 1. The van der Waals surface area contributed by atoms with Gasteiger partial charge in [0.05, 0.1) is 22.6 Å². The van der Waals surface area contributed by atoms with Crippen molar-refractivity contribution in [3.8, 4) is 0 Å². The second-order valence-corrected chi connectivity index (χ2v) is 7.04. The van der Waals surface area contributed by atoms with Gasteiger partial charge in [0.25, 0.3) is 5.56 Å². The molecule has 0 spiro atoms. The van der Waals surface area contributed by atoms with E-state index in [1.165, 1.54) is 0 Å². The molecule has 0 bridgehead atoms. The molecule has 3 aromatic heterocycles. The maximum Gasteiger partial charge on any atom is 0.255 e. The van der Waals surface area contributed by atoms with Gasteiger partial charge in [-0.2, -0.15) is 0 Å². The lowest BCUT2D eigenvalue weighted by molar-refractivity contribution is 0.237. The zero-order valence-corrected chi connectivity index (χ0v) is 14.2. The summed E-state index contributed by atoms with van der Waals surface area (Å²) in [6.45, 7) is 4.30. The average Bonchev–Trinajstić information content (AvgIpc) is 3.41. The van der Waals surface area contributed by atoms with E-state index in [2.05, 4.69) is 19.9 Å². The number of rotatable bonds is 3. The highest BCUT2D eigenvalue weighted by Crippen LogP contribution is 2.37. The highest BCUT2D eigenvalue weighted by molar-refractivity contribution is 5.35. The van der Waals surface area contributed by atoms with Crippen LogP contribution in [0.2, 0.25) is 0 Å². The lowest BCUT2D eigenvalue weighted by Crippen LogP contribution is -2.36. The number of aromatic nitrogens is 5. The number of fused-ring (bicyclic) bond motifs is 2. The Kier molecular flexibility index (Phi) is 3.24. The molecule has 4 heterocycles. The summed E-state index contributed by atoms with van der Waals surface area (Å²) in [6.07, 6.45) is 6.87. The molecule has 0 amide bonds. The smallest absolute Gasteiger partial charge is 0.255 e. The van der Waals surface area contributed by atoms with Crippen LogP contribution >= 0.6 is 0 Å². The molecule has 0 saturated heterocycles. The van der Waals surface area contributed by atoms with Crippen molar-refractivity contribution in [2.75, 3.05) is 6.54 Å². The van der Waals surface area contributed by atoms with Crippen LogP contribution in [-0.2, 0) is 19.5 Å². The number of aryl methyl sites for hydroxylation is 1. The standard InChI is InChI=1S/C18H20N6O/c1-11-15(24-7-2-6-19-18(24)20-11)10-23-8-5-14-13(9-23)17(25)22-16(21-14)12-3-4-12/h2,6-7,12H,3-5,8-10H2,1H3,(H,21,22,25). The minimum absolute atomic E-state index is 0.0353. The van der Waals surface area contributed by atoms with E-state index in [9.17, 15) is 4.79 Å². The maximum absolute atomic E-state index is 12.5. The van der Waals surface area contributed by atoms with Crippen molar-refractivity contribution < 1.29 is 0 Å². The second kappa shape index (κ2) is 5.49. The summed E-state index contributed by atoms with van der Waals surface area (Å²) in [4.78, 5) is 31.3. The molecule has 1 fully saturated rings. The Morgan fingerprint density at radius 2 is 2.20 bits per heavy atom. The molecule has 1 N–H and O–H groups in total. The van der Waals surface area contributed by atoms with E-state index in [-0.39, 0.29) is 5.56 Å². The fourth-order valence-electron chi connectivity index (χ4n) is 3.63. The molecule has 7 heteroatoms. The molecule has 5 rings (SSSR count). The van der Waals surface area contributed by atoms with Crippen LogP contribution < -0.4 is 5.56 Å². The van der Waals surface area contributed by atoms with Gasteiger partial charge in [0.15, 0.2) is 0 Å². The van der Waals surface area contributed by atoms with Gasteiger partial charge in [0.2, 0.25) is 5.78 Å². The number of imidazole rings is 1. The van der Waals surface area contributed by atoms with Crippen LogP contribution in [0.5, 0.6) is 0 Å². The Morgan fingerprint density at radius 1 is 1.32 bits per heavy atom. The van der Waals surface area contributed by atoms with Crippen LogP contribution in [0.4, 0.5) is 0 Å². The van der Waals surface area contributed by atoms with Gasteiger partial charge in [-0.3, -0.25) is 14.1 Å². The zero-order chi connectivity index (χ0) is 17.0. The molecule has 0 radical (unpaired) electrons. The molecule has 2 aliphatic rings. The Hall–Kier alpha value is -2.54. The van der Waals surface area contributed by atoms with Crippen molar-refractivity contribution in [3.63, 3.8) is 0 Å². The molecule has 0 atom stereocenters. The van der Waals surface area contributed by atoms with Gasteiger partial charge in [0, 0.05) is 44.4 Å². The Bertz CT molecular complexity index is 1020. The summed E-state index contributed by atoms with van der Waals surface area (Å²) in [6, 6.07) is 1.91. The summed E-state index contributed by atoms with van der Waals surface area (Å²) < 4.78 is 2.03. The van der Waals surface area contributed by atoms with Gasteiger partial charge >= 0.3 is 0 Å². The third kappa shape index (κ3) is 2.55. The first-order valence-corrected chi connectivity index (χ1v) is 8.82. The van der Waals surface area contributed by atoms with E-state index in [0.29, 0.717) is 12.5 Å². The van der Waals surface area contributed by atoms with Gasteiger partial charge in [-0.05, 0) is 25.8 Å². The Morgan fingerprint density at radius 3 is 3.04 bits per heavy atom. The molecule has 1 aliphatic heterocycles. The largest absolute Gasteiger partial charge is 0.310 e. The third-order valence-corrected chi connectivity index (χ3v) is 5.21. The number of nitrogens with zero attached hydrogens (tertiary/aromatic N) is 5. The highest BCUT2D eigenvalue weighted by atomic mass is 16.1. The second-order valence-electron chi connectivity index (χ2n) is 7.04. The van der Waals surface area contributed by atoms with Crippen LogP contribution in [0, 0.1) is 6.92 Å². The number of hydrogen-bond donors (Lipinski definition) is 1. The van der Waals surface area contributed by atoms with Gasteiger partial charge in [-0.1, -0.05) is 0 Å². The number of aromatic amines is 1. The van der Waals surface area contributed by atoms with Crippen molar-refractivity contribution in [1.29, 1.82) is 0 Å². The van der Waals surface area contributed by atoms with Gasteiger partial charge in [0.1, 0.15) is 5.82 Å². The van der Waals surface area contributed by atoms with Crippen LogP contribution in [0.15, 0.2) is 23.3 Å². The quantitative estimate of drug-likeness (QED) is 0.785. The van der Waals surface area contributed by atoms with Gasteiger partial charge in [-0.15, -0.1) is 0 Å². The van der Waals surface area contributed by atoms with E-state index in [0.717, 1.165) is 66.6 Å². The minimum atomic E-state index is 0.0353. The Labute approximate surface area is 144 Å². The summed E-state index contributed by atoms with van der Waals surface area (Å²) in [5.41, 5.74) is 3.96. The summed E-state index contributed by atoms with van der Waals surface area (Å²) in [5, 5.41) is 0. The van der Waals surface area contributed by atoms with Crippen molar-refractivity contribution >= 4 is 5.78 Å². The average molecular weight is 336 g/mol. The molecule has 3 aromatic rings. The van der Waals surface area contributed by atoms with Crippen molar-refractivity contribution in [2.24, 2.45) is 0 Å². The van der Waals surface area contributed by atoms with Gasteiger partial charge < -0.3 is 4.98 Å². The third-order valence-electron chi connectivity index (χ3n) is 5.21. The predicted molar refractivity (Wildman–Crippen MR) is 92.4 cm³/mol. The summed E-state index contributed by atoms with van der Waals surface area (Å²) >= 11 is 0. The number of hydrogen-bond acceptors (Lipinski definition) is 5. The normalized spacial score (nSPS) is 17.8. The molecule has 7 nitrogen and oxygen atoms in total. The lowest BCUT2D eigenvalue weighted by atomic mass is 10.1. The number of H-pyrrole nitrogens is 1. The molecule has 1 saturated carbocycles. The van der Waals surface area contributed by atoms with E-state index in [1.54, 1.807) is 6.20 Å². The summed E-state index contributed by atoms with van der Waals surface area (Å²) in [7, 11) is 0. The van der Waals surface area contributed by atoms with E-state index in [1.807, 2.05) is 23.6 Å². The molecular formula is C18H20N6O. The van der Waals surface area contributed by atoms with Crippen LogP contribution in [0.1, 0.15) is 47.2 Å². The van der Waals surface area contributed by atoms with Gasteiger partial charge in [-0.25, -0.2) is 15.0 Å². The van der Waals surface area contributed by atoms with Crippen molar-refractivity contribution in [2.45, 2.75) is 45.2 Å². The molecular weight excluding hydrogens is 316 g/mol.